The number of para-hydroxylation sites is 1. The van der Waals surface area contributed by atoms with Gasteiger partial charge >= 0.3 is 0 Å². The Hall–Kier alpha value is -2.67. The average molecular weight is 450 g/mol. The normalized spacial score (nSPS) is 14.6. The number of nitrogens with zero attached hydrogens (tertiary/aromatic N) is 3. The van der Waals surface area contributed by atoms with E-state index in [1.54, 1.807) is 0 Å². The molecule has 1 saturated carbocycles. The Kier molecular flexibility index (Phi) is 7.81. The summed E-state index contributed by atoms with van der Waals surface area (Å²) in [5, 5.41) is 15.4. The second-order valence-corrected chi connectivity index (χ2v) is 8.98. The standard InChI is InChI=1S/C27H35N3O3/c1-4-32-19-24(31)17-29(16-22-12-13-22)18-26-21(3)28-30(23-8-6-5-7-9-23)27(26)33-25-14-10-20(2)11-15-25/h5-11,14-15,22,24,31H,4,12-13,16-19H2,1-3H3. The molecule has 0 aliphatic heterocycles. The van der Waals surface area contributed by atoms with E-state index < -0.39 is 6.10 Å². The molecule has 2 aromatic carbocycles. The third-order valence-electron chi connectivity index (χ3n) is 5.95. The molecule has 176 valence electrons. The van der Waals surface area contributed by atoms with Gasteiger partial charge in [0.1, 0.15) is 5.75 Å². The fourth-order valence-corrected chi connectivity index (χ4v) is 3.98. The molecule has 0 bridgehead atoms. The molecule has 6 heteroatoms. The van der Waals surface area contributed by atoms with Crippen LogP contribution in [0.1, 0.15) is 36.6 Å². The van der Waals surface area contributed by atoms with Crippen molar-refractivity contribution in [2.24, 2.45) is 5.92 Å². The third kappa shape index (κ3) is 6.44. The minimum atomic E-state index is -0.519. The number of aliphatic hydroxyl groups excluding tert-OH is 1. The van der Waals surface area contributed by atoms with Crippen LogP contribution in [0.15, 0.2) is 54.6 Å². The lowest BCUT2D eigenvalue weighted by molar-refractivity contribution is 0.0186. The molecule has 1 atom stereocenters. The van der Waals surface area contributed by atoms with Crippen molar-refractivity contribution in [1.82, 2.24) is 14.7 Å². The average Bonchev–Trinajstić information content (AvgIpc) is 3.58. The highest BCUT2D eigenvalue weighted by Crippen LogP contribution is 2.34. The summed E-state index contributed by atoms with van der Waals surface area (Å²) >= 11 is 0. The molecule has 0 radical (unpaired) electrons. The molecule has 1 heterocycles. The first kappa shape index (κ1) is 23.5. The number of benzene rings is 2. The molecule has 33 heavy (non-hydrogen) atoms. The van der Waals surface area contributed by atoms with Gasteiger partial charge in [-0.15, -0.1) is 0 Å². The molecule has 0 amide bonds. The molecule has 4 rings (SSSR count). The molecule has 1 aliphatic rings. The second-order valence-electron chi connectivity index (χ2n) is 8.98. The molecule has 0 saturated heterocycles. The van der Waals surface area contributed by atoms with Crippen LogP contribution in [0.4, 0.5) is 0 Å². The molecule has 1 aliphatic carbocycles. The topological polar surface area (TPSA) is 59.8 Å². The summed E-state index contributed by atoms with van der Waals surface area (Å²) in [6, 6.07) is 18.2. The minimum Gasteiger partial charge on any atom is -0.439 e. The van der Waals surface area contributed by atoms with Crippen molar-refractivity contribution in [2.45, 2.75) is 46.3 Å². The Labute approximate surface area is 196 Å². The number of ether oxygens (including phenoxy) is 2. The van der Waals surface area contributed by atoms with Crippen LogP contribution in [0.2, 0.25) is 0 Å². The van der Waals surface area contributed by atoms with E-state index in [0.717, 1.165) is 35.1 Å². The smallest absolute Gasteiger partial charge is 0.227 e. The number of aromatic nitrogens is 2. The third-order valence-corrected chi connectivity index (χ3v) is 5.95. The summed E-state index contributed by atoms with van der Waals surface area (Å²) in [7, 11) is 0. The second kappa shape index (κ2) is 11.0. The summed E-state index contributed by atoms with van der Waals surface area (Å²) in [6.45, 7) is 9.20. The van der Waals surface area contributed by atoms with Crippen molar-refractivity contribution >= 4 is 0 Å². The van der Waals surface area contributed by atoms with Crippen molar-refractivity contribution < 1.29 is 14.6 Å². The maximum absolute atomic E-state index is 10.5. The van der Waals surface area contributed by atoms with Crippen LogP contribution >= 0.6 is 0 Å². The van der Waals surface area contributed by atoms with Crippen molar-refractivity contribution in [3.05, 3.63) is 71.4 Å². The Morgan fingerprint density at radius 2 is 1.82 bits per heavy atom. The van der Waals surface area contributed by atoms with Crippen LogP contribution < -0.4 is 4.74 Å². The predicted octanol–water partition coefficient (Wildman–Crippen LogP) is 4.89. The summed E-state index contributed by atoms with van der Waals surface area (Å²) in [5.41, 5.74) is 4.12. The lowest BCUT2D eigenvalue weighted by Gasteiger charge is -2.25. The van der Waals surface area contributed by atoms with Gasteiger partial charge in [-0.25, -0.2) is 4.68 Å². The van der Waals surface area contributed by atoms with Gasteiger partial charge in [0.25, 0.3) is 0 Å². The van der Waals surface area contributed by atoms with E-state index >= 15 is 0 Å². The molecule has 6 nitrogen and oxygen atoms in total. The van der Waals surface area contributed by atoms with E-state index in [-0.39, 0.29) is 0 Å². The molecular weight excluding hydrogens is 414 g/mol. The van der Waals surface area contributed by atoms with E-state index in [0.29, 0.717) is 32.2 Å². The van der Waals surface area contributed by atoms with Gasteiger partial charge in [0.05, 0.1) is 29.7 Å². The zero-order valence-corrected chi connectivity index (χ0v) is 19.9. The maximum Gasteiger partial charge on any atom is 0.227 e. The Balaban J connectivity index is 1.64. The first-order valence-electron chi connectivity index (χ1n) is 11.9. The zero-order chi connectivity index (χ0) is 23.2. The van der Waals surface area contributed by atoms with Gasteiger partial charge in [0.15, 0.2) is 0 Å². The van der Waals surface area contributed by atoms with Crippen LogP contribution in [0.5, 0.6) is 11.6 Å². The van der Waals surface area contributed by atoms with E-state index in [4.69, 9.17) is 14.6 Å². The highest BCUT2D eigenvalue weighted by atomic mass is 16.5. The van der Waals surface area contributed by atoms with E-state index in [1.165, 1.54) is 18.4 Å². The largest absolute Gasteiger partial charge is 0.439 e. The zero-order valence-electron chi connectivity index (χ0n) is 19.9. The van der Waals surface area contributed by atoms with Gasteiger partial charge in [-0.05, 0) is 63.8 Å². The highest BCUT2D eigenvalue weighted by Gasteiger charge is 2.28. The molecule has 1 N–H and O–H groups in total. The fraction of sp³-hybridized carbons (Fsp3) is 0.444. The fourth-order valence-electron chi connectivity index (χ4n) is 3.98. The van der Waals surface area contributed by atoms with Gasteiger partial charge < -0.3 is 14.6 Å². The highest BCUT2D eigenvalue weighted by molar-refractivity contribution is 5.43. The van der Waals surface area contributed by atoms with Gasteiger partial charge in [0, 0.05) is 26.2 Å². The number of aliphatic hydroxyl groups is 1. The summed E-state index contributed by atoms with van der Waals surface area (Å²) in [6.07, 6.45) is 2.00. The van der Waals surface area contributed by atoms with Gasteiger partial charge in [-0.2, -0.15) is 5.10 Å². The monoisotopic (exact) mass is 449 g/mol. The Bertz CT molecular complexity index is 1010. The lowest BCUT2D eigenvalue weighted by atomic mass is 10.2. The molecule has 1 unspecified atom stereocenters. The number of hydrogen-bond donors (Lipinski definition) is 1. The van der Waals surface area contributed by atoms with E-state index in [9.17, 15) is 5.11 Å². The maximum atomic E-state index is 10.5. The molecule has 3 aromatic rings. The van der Waals surface area contributed by atoms with Crippen LogP contribution in [0.25, 0.3) is 5.69 Å². The Morgan fingerprint density at radius 3 is 2.48 bits per heavy atom. The van der Waals surface area contributed by atoms with Crippen LogP contribution in [-0.4, -0.2) is 52.2 Å². The quantitative estimate of drug-likeness (QED) is 0.427. The number of rotatable bonds is 12. The van der Waals surface area contributed by atoms with Crippen LogP contribution in [-0.2, 0) is 11.3 Å². The summed E-state index contributed by atoms with van der Waals surface area (Å²) in [5.74, 6) is 2.21. The molecule has 1 aromatic heterocycles. The minimum absolute atomic E-state index is 0.354. The number of hydrogen-bond acceptors (Lipinski definition) is 5. The SMILES string of the molecule is CCOCC(O)CN(Cc1c(C)nn(-c2ccccc2)c1Oc1ccc(C)cc1)CC1CC1. The van der Waals surface area contributed by atoms with E-state index in [2.05, 4.69) is 24.0 Å². The van der Waals surface area contributed by atoms with Crippen molar-refractivity contribution in [2.75, 3.05) is 26.3 Å². The summed E-state index contributed by atoms with van der Waals surface area (Å²) in [4.78, 5) is 2.32. The van der Waals surface area contributed by atoms with Crippen molar-refractivity contribution in [3.8, 4) is 17.3 Å². The van der Waals surface area contributed by atoms with Gasteiger partial charge in [0.2, 0.25) is 5.88 Å². The van der Waals surface area contributed by atoms with Crippen molar-refractivity contribution in [1.29, 1.82) is 0 Å². The molecule has 1 fully saturated rings. The van der Waals surface area contributed by atoms with Crippen LogP contribution in [0, 0.1) is 19.8 Å². The van der Waals surface area contributed by atoms with E-state index in [1.807, 2.05) is 61.0 Å². The first-order valence-corrected chi connectivity index (χ1v) is 11.9. The number of aryl methyl sites for hydroxylation is 2. The van der Waals surface area contributed by atoms with Gasteiger partial charge in [-0.3, -0.25) is 4.90 Å². The van der Waals surface area contributed by atoms with Crippen molar-refractivity contribution in [3.63, 3.8) is 0 Å². The summed E-state index contributed by atoms with van der Waals surface area (Å²) < 4.78 is 13.8. The van der Waals surface area contributed by atoms with Crippen LogP contribution in [0.3, 0.4) is 0 Å². The van der Waals surface area contributed by atoms with Gasteiger partial charge in [-0.1, -0.05) is 35.9 Å². The Morgan fingerprint density at radius 1 is 1.09 bits per heavy atom. The lowest BCUT2D eigenvalue weighted by Crippen LogP contribution is -2.36. The molecular formula is C27H35N3O3. The first-order chi connectivity index (χ1) is 16.0. The predicted molar refractivity (Wildman–Crippen MR) is 130 cm³/mol. The molecule has 0 spiro atoms.